The highest BCUT2D eigenvalue weighted by molar-refractivity contribution is 6.24. The molecule has 0 radical (unpaired) electrons. The number of carbonyl (C=O) groups excluding carboxylic acids is 1. The summed E-state index contributed by atoms with van der Waals surface area (Å²) in [6.45, 7) is 6.36. The Morgan fingerprint density at radius 2 is 1.79 bits per heavy atom. The number of benzene rings is 2. The van der Waals surface area contributed by atoms with Crippen molar-refractivity contribution in [3.63, 3.8) is 0 Å². The van der Waals surface area contributed by atoms with E-state index >= 15 is 0 Å². The molecule has 0 N–H and O–H groups in total. The second-order valence-electron chi connectivity index (χ2n) is 5.94. The SMILES string of the molecule is CC1=NOC(=O)/C1=C/c1ccccc1OCc1cc(C)cc(C)c1. The molecule has 0 atom stereocenters. The molecule has 0 aromatic heterocycles. The molecule has 0 spiro atoms. The fourth-order valence-corrected chi connectivity index (χ4v) is 2.72. The third-order valence-electron chi connectivity index (χ3n) is 3.77. The van der Waals surface area contributed by atoms with Crippen molar-refractivity contribution in [3.05, 3.63) is 70.3 Å². The predicted molar refractivity (Wildman–Crippen MR) is 93.9 cm³/mol. The Balaban J connectivity index is 1.83. The normalized spacial score (nSPS) is 15.4. The number of aryl methyl sites for hydroxylation is 2. The Labute approximate surface area is 141 Å². The van der Waals surface area contributed by atoms with Crippen molar-refractivity contribution in [3.8, 4) is 5.75 Å². The number of nitrogens with zero attached hydrogens (tertiary/aromatic N) is 1. The summed E-state index contributed by atoms with van der Waals surface area (Å²) in [6.07, 6.45) is 1.75. The standard InChI is InChI=1S/C20H19NO3/c1-13-8-14(2)10-16(9-13)12-23-19-7-5-4-6-17(19)11-18-15(3)21-24-20(18)22/h4-11H,12H2,1-3H3/b18-11+. The maximum Gasteiger partial charge on any atom is 0.367 e. The zero-order valence-electron chi connectivity index (χ0n) is 14.0. The van der Waals surface area contributed by atoms with Gasteiger partial charge in [-0.1, -0.05) is 52.7 Å². The van der Waals surface area contributed by atoms with Gasteiger partial charge in [-0.25, -0.2) is 4.79 Å². The summed E-state index contributed by atoms with van der Waals surface area (Å²) in [5, 5.41) is 3.70. The van der Waals surface area contributed by atoms with Gasteiger partial charge in [-0.2, -0.15) is 0 Å². The van der Waals surface area contributed by atoms with E-state index in [1.54, 1.807) is 13.0 Å². The minimum atomic E-state index is -0.434. The molecule has 24 heavy (non-hydrogen) atoms. The highest BCUT2D eigenvalue weighted by Crippen LogP contribution is 2.24. The quantitative estimate of drug-likeness (QED) is 0.626. The number of hydrogen-bond donors (Lipinski definition) is 0. The van der Waals surface area contributed by atoms with Crippen molar-refractivity contribution in [2.45, 2.75) is 27.4 Å². The number of para-hydroxylation sites is 1. The molecule has 0 aliphatic carbocycles. The van der Waals surface area contributed by atoms with Gasteiger partial charge in [0.05, 0.1) is 11.3 Å². The van der Waals surface area contributed by atoms with Crippen molar-refractivity contribution < 1.29 is 14.4 Å². The van der Waals surface area contributed by atoms with Crippen molar-refractivity contribution in [2.24, 2.45) is 5.16 Å². The van der Waals surface area contributed by atoms with Crippen molar-refractivity contribution >= 4 is 17.8 Å². The fourth-order valence-electron chi connectivity index (χ4n) is 2.72. The van der Waals surface area contributed by atoms with Crippen LogP contribution in [0, 0.1) is 13.8 Å². The average Bonchev–Trinajstić information content (AvgIpc) is 2.85. The Hall–Kier alpha value is -2.88. The molecule has 3 rings (SSSR count). The maximum atomic E-state index is 11.7. The van der Waals surface area contributed by atoms with Crippen LogP contribution in [-0.4, -0.2) is 11.7 Å². The second-order valence-corrected chi connectivity index (χ2v) is 5.94. The highest BCUT2D eigenvalue weighted by atomic mass is 16.7. The molecule has 0 amide bonds. The van der Waals surface area contributed by atoms with Crippen molar-refractivity contribution in [2.75, 3.05) is 0 Å². The summed E-state index contributed by atoms with van der Waals surface area (Å²) in [7, 11) is 0. The first-order valence-corrected chi connectivity index (χ1v) is 7.80. The molecule has 4 nitrogen and oxygen atoms in total. The molecule has 0 saturated carbocycles. The topological polar surface area (TPSA) is 47.9 Å². The van der Waals surface area contributed by atoms with E-state index < -0.39 is 5.97 Å². The molecule has 0 bridgehead atoms. The summed E-state index contributed by atoms with van der Waals surface area (Å²) in [4.78, 5) is 16.4. The van der Waals surface area contributed by atoms with E-state index in [1.165, 1.54) is 11.1 Å². The number of ether oxygens (including phenoxy) is 1. The molecular weight excluding hydrogens is 302 g/mol. The van der Waals surface area contributed by atoms with Crippen LogP contribution in [0.5, 0.6) is 5.75 Å². The number of rotatable bonds is 4. The van der Waals surface area contributed by atoms with Gasteiger partial charge >= 0.3 is 5.97 Å². The number of oxime groups is 1. The number of hydrogen-bond acceptors (Lipinski definition) is 4. The van der Waals surface area contributed by atoms with Gasteiger partial charge in [0.2, 0.25) is 0 Å². The van der Waals surface area contributed by atoms with Gasteiger partial charge < -0.3 is 9.57 Å². The lowest BCUT2D eigenvalue weighted by Gasteiger charge is -2.11. The molecule has 0 saturated heterocycles. The van der Waals surface area contributed by atoms with E-state index in [1.807, 2.05) is 24.3 Å². The zero-order valence-corrected chi connectivity index (χ0v) is 14.0. The molecule has 1 aliphatic rings. The lowest BCUT2D eigenvalue weighted by atomic mass is 10.1. The van der Waals surface area contributed by atoms with Crippen LogP contribution >= 0.6 is 0 Å². The Bertz CT molecular complexity index is 829. The van der Waals surface area contributed by atoms with Crippen LogP contribution in [0.4, 0.5) is 0 Å². The summed E-state index contributed by atoms with van der Waals surface area (Å²) >= 11 is 0. The smallest absolute Gasteiger partial charge is 0.367 e. The van der Waals surface area contributed by atoms with Gasteiger partial charge in [-0.15, -0.1) is 0 Å². The second kappa shape index (κ2) is 6.71. The first-order valence-electron chi connectivity index (χ1n) is 7.80. The Morgan fingerprint density at radius 1 is 1.08 bits per heavy atom. The fraction of sp³-hybridized carbons (Fsp3) is 0.200. The molecule has 122 valence electrons. The summed E-state index contributed by atoms with van der Waals surface area (Å²) in [6, 6.07) is 14.0. The summed E-state index contributed by atoms with van der Waals surface area (Å²) < 4.78 is 5.98. The van der Waals surface area contributed by atoms with Crippen LogP contribution < -0.4 is 4.74 Å². The minimum absolute atomic E-state index is 0.434. The Kier molecular flexibility index (Phi) is 4.47. The van der Waals surface area contributed by atoms with Crippen LogP contribution in [0.25, 0.3) is 6.08 Å². The first kappa shape index (κ1) is 16.0. The highest BCUT2D eigenvalue weighted by Gasteiger charge is 2.22. The molecule has 0 fully saturated rings. The van der Waals surface area contributed by atoms with E-state index in [0.717, 1.165) is 16.9 Å². The minimum Gasteiger partial charge on any atom is -0.488 e. The first-order chi connectivity index (χ1) is 11.5. The molecular formula is C20H19NO3. The van der Waals surface area contributed by atoms with Crippen LogP contribution in [0.15, 0.2) is 53.2 Å². The average molecular weight is 321 g/mol. The molecule has 4 heteroatoms. The van der Waals surface area contributed by atoms with E-state index in [0.29, 0.717) is 17.9 Å². The van der Waals surface area contributed by atoms with Crippen LogP contribution in [0.3, 0.4) is 0 Å². The summed E-state index contributed by atoms with van der Waals surface area (Å²) in [5.41, 5.74) is 5.40. The van der Waals surface area contributed by atoms with E-state index in [9.17, 15) is 4.79 Å². The molecule has 1 aliphatic heterocycles. The van der Waals surface area contributed by atoms with Crippen molar-refractivity contribution in [1.82, 2.24) is 0 Å². The van der Waals surface area contributed by atoms with E-state index in [4.69, 9.17) is 4.74 Å². The van der Waals surface area contributed by atoms with Gasteiger partial charge in [0, 0.05) is 5.56 Å². The third kappa shape index (κ3) is 3.54. The van der Waals surface area contributed by atoms with Crippen LogP contribution in [-0.2, 0) is 16.2 Å². The monoisotopic (exact) mass is 321 g/mol. The lowest BCUT2D eigenvalue weighted by Crippen LogP contribution is -2.03. The van der Waals surface area contributed by atoms with Gasteiger partial charge in [0.1, 0.15) is 12.4 Å². The molecule has 2 aromatic carbocycles. The van der Waals surface area contributed by atoms with Crippen LogP contribution in [0.1, 0.15) is 29.2 Å². The number of carbonyl (C=O) groups is 1. The van der Waals surface area contributed by atoms with Gasteiger partial charge in [0.15, 0.2) is 0 Å². The van der Waals surface area contributed by atoms with Gasteiger partial charge in [-0.3, -0.25) is 0 Å². The summed E-state index contributed by atoms with van der Waals surface area (Å²) in [5.74, 6) is 0.285. The van der Waals surface area contributed by atoms with Crippen molar-refractivity contribution in [1.29, 1.82) is 0 Å². The predicted octanol–water partition coefficient (Wildman–Crippen LogP) is 4.20. The Morgan fingerprint density at radius 3 is 2.46 bits per heavy atom. The molecule has 1 heterocycles. The molecule has 0 unspecified atom stereocenters. The van der Waals surface area contributed by atoms with Gasteiger partial charge in [-0.05, 0) is 38.5 Å². The van der Waals surface area contributed by atoms with E-state index in [-0.39, 0.29) is 0 Å². The largest absolute Gasteiger partial charge is 0.488 e. The maximum absolute atomic E-state index is 11.7. The van der Waals surface area contributed by atoms with Gasteiger partial charge in [0.25, 0.3) is 0 Å². The zero-order chi connectivity index (χ0) is 17.1. The van der Waals surface area contributed by atoms with Crippen LogP contribution in [0.2, 0.25) is 0 Å². The third-order valence-corrected chi connectivity index (χ3v) is 3.77. The molecule has 2 aromatic rings. The lowest BCUT2D eigenvalue weighted by molar-refractivity contribution is -0.136. The van der Waals surface area contributed by atoms with E-state index in [2.05, 4.69) is 42.0 Å².